The number of hydrogen-bond acceptors (Lipinski definition) is 3. The number of para-hydroxylation sites is 1. The van der Waals surface area contributed by atoms with Crippen LogP contribution in [0.25, 0.3) is 0 Å². The SMILES string of the molecule is O=C1CCCC[C@H]1[C@@H](O)c1cccc(Oc2ccccc2)c1. The Labute approximate surface area is 130 Å². The normalized spacial score (nSPS) is 19.7. The third kappa shape index (κ3) is 3.37. The highest BCUT2D eigenvalue weighted by Crippen LogP contribution is 2.34. The lowest BCUT2D eigenvalue weighted by molar-refractivity contribution is -0.128. The predicted octanol–water partition coefficient (Wildman–Crippen LogP) is 4.27. The molecule has 0 radical (unpaired) electrons. The quantitative estimate of drug-likeness (QED) is 0.916. The summed E-state index contributed by atoms with van der Waals surface area (Å²) in [5, 5.41) is 10.5. The molecule has 3 nitrogen and oxygen atoms in total. The summed E-state index contributed by atoms with van der Waals surface area (Å²) in [4.78, 5) is 12.0. The molecule has 1 saturated carbocycles. The summed E-state index contributed by atoms with van der Waals surface area (Å²) in [6.45, 7) is 0. The van der Waals surface area contributed by atoms with Gasteiger partial charge in [-0.1, -0.05) is 36.8 Å². The molecule has 22 heavy (non-hydrogen) atoms. The van der Waals surface area contributed by atoms with Crippen LogP contribution >= 0.6 is 0 Å². The van der Waals surface area contributed by atoms with Crippen molar-refractivity contribution in [1.82, 2.24) is 0 Å². The Hall–Kier alpha value is -2.13. The monoisotopic (exact) mass is 296 g/mol. The Balaban J connectivity index is 1.77. The van der Waals surface area contributed by atoms with E-state index in [1.807, 2.05) is 54.6 Å². The molecule has 0 spiro atoms. The molecule has 3 rings (SSSR count). The van der Waals surface area contributed by atoms with Crippen LogP contribution in [0.15, 0.2) is 54.6 Å². The van der Waals surface area contributed by atoms with Crippen LogP contribution in [0.2, 0.25) is 0 Å². The highest BCUT2D eigenvalue weighted by atomic mass is 16.5. The lowest BCUT2D eigenvalue weighted by Gasteiger charge is -2.25. The van der Waals surface area contributed by atoms with E-state index in [1.54, 1.807) is 0 Å². The van der Waals surface area contributed by atoms with Crippen LogP contribution < -0.4 is 4.74 Å². The van der Waals surface area contributed by atoms with Gasteiger partial charge in [-0.25, -0.2) is 0 Å². The molecular formula is C19H20O3. The summed E-state index contributed by atoms with van der Waals surface area (Å²) in [5.74, 6) is 1.32. The van der Waals surface area contributed by atoms with Crippen LogP contribution in [0.3, 0.4) is 0 Å². The molecule has 1 fully saturated rings. The fraction of sp³-hybridized carbons (Fsp3) is 0.316. The van der Waals surface area contributed by atoms with E-state index in [4.69, 9.17) is 4.74 Å². The van der Waals surface area contributed by atoms with Crippen molar-refractivity contribution in [2.24, 2.45) is 5.92 Å². The first kappa shape index (κ1) is 14.8. The zero-order valence-electron chi connectivity index (χ0n) is 12.4. The molecule has 0 amide bonds. The predicted molar refractivity (Wildman–Crippen MR) is 84.9 cm³/mol. The minimum atomic E-state index is -0.743. The van der Waals surface area contributed by atoms with Crippen molar-refractivity contribution in [2.45, 2.75) is 31.8 Å². The van der Waals surface area contributed by atoms with Gasteiger partial charge in [0.1, 0.15) is 17.3 Å². The molecule has 0 bridgehead atoms. The van der Waals surface area contributed by atoms with Crippen LogP contribution in [-0.2, 0) is 4.79 Å². The van der Waals surface area contributed by atoms with E-state index < -0.39 is 6.10 Å². The molecular weight excluding hydrogens is 276 g/mol. The molecule has 2 atom stereocenters. The molecule has 1 N–H and O–H groups in total. The Kier molecular flexibility index (Phi) is 4.54. The third-order valence-corrected chi connectivity index (χ3v) is 4.16. The second kappa shape index (κ2) is 6.75. The summed E-state index contributed by atoms with van der Waals surface area (Å²) < 4.78 is 5.79. The molecule has 2 aromatic carbocycles. The maximum absolute atomic E-state index is 12.0. The summed E-state index contributed by atoms with van der Waals surface area (Å²) in [7, 11) is 0. The third-order valence-electron chi connectivity index (χ3n) is 4.16. The van der Waals surface area contributed by atoms with E-state index in [0.717, 1.165) is 30.6 Å². The molecule has 2 aromatic rings. The minimum absolute atomic E-state index is 0.174. The van der Waals surface area contributed by atoms with Crippen molar-refractivity contribution < 1.29 is 14.6 Å². The standard InChI is InChI=1S/C19H20O3/c20-18-12-5-4-11-17(18)19(21)14-7-6-10-16(13-14)22-15-8-2-1-3-9-15/h1-3,6-10,13,17,19,21H,4-5,11-12H2/t17-,19+/m1/s1. The molecule has 1 aliphatic rings. The van der Waals surface area contributed by atoms with Gasteiger partial charge in [-0.05, 0) is 42.7 Å². The van der Waals surface area contributed by atoms with Gasteiger partial charge in [0, 0.05) is 12.3 Å². The summed E-state index contributed by atoms with van der Waals surface area (Å²) in [6, 6.07) is 16.9. The second-order valence-electron chi connectivity index (χ2n) is 5.75. The van der Waals surface area contributed by atoms with Gasteiger partial charge >= 0.3 is 0 Å². The Morgan fingerprint density at radius 1 is 1.00 bits per heavy atom. The first-order valence-electron chi connectivity index (χ1n) is 7.78. The van der Waals surface area contributed by atoms with Crippen LogP contribution in [0, 0.1) is 5.92 Å². The van der Waals surface area contributed by atoms with Crippen molar-refractivity contribution >= 4 is 5.78 Å². The number of rotatable bonds is 4. The van der Waals surface area contributed by atoms with E-state index in [0.29, 0.717) is 12.2 Å². The lowest BCUT2D eigenvalue weighted by Crippen LogP contribution is -2.25. The zero-order valence-corrected chi connectivity index (χ0v) is 12.4. The maximum atomic E-state index is 12.0. The van der Waals surface area contributed by atoms with Gasteiger partial charge in [0.15, 0.2) is 0 Å². The number of hydrogen-bond donors (Lipinski definition) is 1. The summed E-state index contributed by atoms with van der Waals surface area (Å²) >= 11 is 0. The number of carbonyl (C=O) groups excluding carboxylic acids is 1. The Morgan fingerprint density at radius 2 is 1.77 bits per heavy atom. The van der Waals surface area contributed by atoms with Gasteiger partial charge in [-0.3, -0.25) is 4.79 Å². The van der Waals surface area contributed by atoms with Crippen LogP contribution in [0.5, 0.6) is 11.5 Å². The second-order valence-corrected chi connectivity index (χ2v) is 5.75. The van der Waals surface area contributed by atoms with Crippen molar-refractivity contribution in [3.05, 3.63) is 60.2 Å². The van der Waals surface area contributed by atoms with Crippen molar-refractivity contribution in [2.75, 3.05) is 0 Å². The van der Waals surface area contributed by atoms with Gasteiger partial charge in [0.05, 0.1) is 6.10 Å². The van der Waals surface area contributed by atoms with E-state index in [2.05, 4.69) is 0 Å². The average molecular weight is 296 g/mol. The first-order chi connectivity index (χ1) is 10.7. The van der Waals surface area contributed by atoms with E-state index in [-0.39, 0.29) is 11.7 Å². The Morgan fingerprint density at radius 3 is 2.55 bits per heavy atom. The van der Waals surface area contributed by atoms with Crippen LogP contribution in [-0.4, -0.2) is 10.9 Å². The number of ketones is 1. The zero-order chi connectivity index (χ0) is 15.4. The van der Waals surface area contributed by atoms with E-state index in [9.17, 15) is 9.90 Å². The molecule has 0 unspecified atom stereocenters. The highest BCUT2D eigenvalue weighted by Gasteiger charge is 2.30. The van der Waals surface area contributed by atoms with Gasteiger partial charge in [-0.2, -0.15) is 0 Å². The Bertz CT molecular complexity index is 636. The summed E-state index contributed by atoms with van der Waals surface area (Å²) in [6.07, 6.45) is 2.56. The van der Waals surface area contributed by atoms with E-state index in [1.165, 1.54) is 0 Å². The molecule has 0 saturated heterocycles. The topological polar surface area (TPSA) is 46.5 Å². The highest BCUT2D eigenvalue weighted by molar-refractivity contribution is 5.82. The lowest BCUT2D eigenvalue weighted by atomic mass is 9.82. The van der Waals surface area contributed by atoms with Crippen molar-refractivity contribution in [3.63, 3.8) is 0 Å². The van der Waals surface area contributed by atoms with Gasteiger partial charge in [0.2, 0.25) is 0 Å². The molecule has 0 aromatic heterocycles. The number of ether oxygens (including phenoxy) is 1. The smallest absolute Gasteiger partial charge is 0.138 e. The molecule has 3 heteroatoms. The van der Waals surface area contributed by atoms with E-state index >= 15 is 0 Å². The molecule has 1 aliphatic carbocycles. The van der Waals surface area contributed by atoms with Crippen LogP contribution in [0.1, 0.15) is 37.4 Å². The minimum Gasteiger partial charge on any atom is -0.457 e. The van der Waals surface area contributed by atoms with Gasteiger partial charge in [0.25, 0.3) is 0 Å². The summed E-state index contributed by atoms with van der Waals surface area (Å²) in [5.41, 5.74) is 0.744. The number of benzene rings is 2. The molecule has 0 heterocycles. The average Bonchev–Trinajstić information content (AvgIpc) is 2.56. The van der Waals surface area contributed by atoms with Crippen LogP contribution in [0.4, 0.5) is 0 Å². The molecule has 0 aliphatic heterocycles. The van der Waals surface area contributed by atoms with Crippen molar-refractivity contribution in [3.8, 4) is 11.5 Å². The number of aliphatic hydroxyl groups excluding tert-OH is 1. The van der Waals surface area contributed by atoms with Gasteiger partial charge in [-0.15, -0.1) is 0 Å². The number of Topliss-reactive ketones (excluding diaryl/α,β-unsaturated/α-hetero) is 1. The molecule has 114 valence electrons. The van der Waals surface area contributed by atoms with Crippen molar-refractivity contribution in [1.29, 1.82) is 0 Å². The number of carbonyl (C=O) groups is 1. The maximum Gasteiger partial charge on any atom is 0.138 e. The fourth-order valence-electron chi connectivity index (χ4n) is 2.96. The van der Waals surface area contributed by atoms with Gasteiger partial charge < -0.3 is 9.84 Å². The largest absolute Gasteiger partial charge is 0.457 e. The first-order valence-corrected chi connectivity index (χ1v) is 7.78. The number of aliphatic hydroxyl groups is 1. The fourth-order valence-corrected chi connectivity index (χ4v) is 2.96.